The number of unbranched alkanes of at least 4 members (excludes halogenated alkanes) is 2. The second-order valence-corrected chi connectivity index (χ2v) is 16.8. The predicted octanol–water partition coefficient (Wildman–Crippen LogP) is 0.0929. The predicted molar refractivity (Wildman–Crippen MR) is 184 cm³/mol. The van der Waals surface area contributed by atoms with Crippen molar-refractivity contribution in [1.29, 1.82) is 0 Å². The zero-order valence-electron chi connectivity index (χ0n) is 29.6. The first-order valence-corrected chi connectivity index (χ1v) is 22.7. The lowest BCUT2D eigenvalue weighted by Gasteiger charge is -2.27. The summed E-state index contributed by atoms with van der Waals surface area (Å²) in [5.41, 5.74) is -0.334. The van der Waals surface area contributed by atoms with Gasteiger partial charge in [-0.05, 0) is 25.3 Å². The van der Waals surface area contributed by atoms with Gasteiger partial charge >= 0.3 is 22.3 Å². The van der Waals surface area contributed by atoms with E-state index >= 15 is 0 Å². The van der Waals surface area contributed by atoms with Crippen LogP contribution in [-0.2, 0) is 65.8 Å². The Balaban J connectivity index is 0.00000373. The number of nitrogens with zero attached hydrogens (tertiary/aromatic N) is 2. The van der Waals surface area contributed by atoms with Crippen molar-refractivity contribution >= 4 is 69.2 Å². The van der Waals surface area contributed by atoms with Crippen LogP contribution in [0.15, 0.2) is 24.3 Å². The van der Waals surface area contributed by atoms with Crippen LogP contribution in [0.1, 0.15) is 39.0 Å². The third-order valence-electron chi connectivity index (χ3n) is 6.86. The van der Waals surface area contributed by atoms with Crippen LogP contribution < -0.4 is 19.4 Å². The number of carbonyl (C=O) groups excluding carboxylic acids is 3. The second kappa shape index (κ2) is 26.5. The lowest BCUT2D eigenvalue weighted by Crippen LogP contribution is -2.29. The molecule has 0 saturated carbocycles. The van der Waals surface area contributed by atoms with Crippen LogP contribution in [0.3, 0.4) is 0 Å². The van der Waals surface area contributed by atoms with Gasteiger partial charge in [0.2, 0.25) is 11.7 Å². The molecule has 1 fully saturated rings. The number of phosphoric acid groups is 3. The molecule has 1 aliphatic rings. The number of benzene rings is 1. The first kappa shape index (κ1) is 51.5. The van der Waals surface area contributed by atoms with E-state index in [-0.39, 0.29) is 55.7 Å². The van der Waals surface area contributed by atoms with Crippen molar-refractivity contribution in [2.75, 3.05) is 65.1 Å². The third kappa shape index (κ3) is 22.4. The van der Waals surface area contributed by atoms with Gasteiger partial charge in [0.05, 0.1) is 51.1 Å². The van der Waals surface area contributed by atoms with Crippen LogP contribution in [0.25, 0.3) is 0 Å². The van der Waals surface area contributed by atoms with E-state index in [9.17, 15) is 52.9 Å². The molecule has 1 saturated heterocycles. The van der Waals surface area contributed by atoms with Gasteiger partial charge in [0.1, 0.15) is 5.25 Å². The van der Waals surface area contributed by atoms with Crippen molar-refractivity contribution in [3.8, 4) is 5.75 Å². The lowest BCUT2D eigenvalue weighted by molar-refractivity contribution is -0.385. The number of phosphoric ester groups is 3. The van der Waals surface area contributed by atoms with Gasteiger partial charge in [0.15, 0.2) is 5.78 Å². The summed E-state index contributed by atoms with van der Waals surface area (Å²) >= 11 is 0.870. The molecule has 24 nitrogen and oxygen atoms in total. The molecule has 2 rings (SSSR count). The smallest absolute Gasteiger partial charge is 0.425 e. The summed E-state index contributed by atoms with van der Waals surface area (Å²) in [6, 6.07) is 5.47. The maximum Gasteiger partial charge on any atom is 0.425 e. The Morgan fingerprint density at radius 1 is 0.911 bits per heavy atom. The molecule has 1 amide bonds. The number of thioether (sulfide) groups is 1. The maximum absolute atomic E-state index is 12.7. The molecule has 1 aromatic carbocycles. The van der Waals surface area contributed by atoms with E-state index in [2.05, 4.69) is 27.1 Å². The molecule has 0 aliphatic carbocycles. The average Bonchev–Trinajstić information content (AvgIpc) is 3.38. The molecule has 1 heterocycles. The van der Waals surface area contributed by atoms with Gasteiger partial charge in [-0.25, -0.2) is 0 Å². The Morgan fingerprint density at radius 3 is 1.95 bits per heavy atom. The van der Waals surface area contributed by atoms with Crippen LogP contribution in [0.2, 0.25) is 0 Å². The Hall–Kier alpha value is -2.51. The summed E-state index contributed by atoms with van der Waals surface area (Å²) in [7, 11) is -17.8. The monoisotopic (exact) mass is 901 g/mol. The number of aliphatic hydroxyl groups is 1. The molecule has 29 heteroatoms. The minimum atomic E-state index is -5.00. The van der Waals surface area contributed by atoms with E-state index in [1.165, 1.54) is 29.2 Å². The number of hydrogen-bond acceptors (Lipinski definition) is 23. The van der Waals surface area contributed by atoms with Gasteiger partial charge in [0, 0.05) is 37.3 Å². The highest BCUT2D eigenvalue weighted by Gasteiger charge is 2.39. The number of ether oxygens (including phenoxy) is 1. The van der Waals surface area contributed by atoms with E-state index in [4.69, 9.17) is 22.5 Å². The van der Waals surface area contributed by atoms with Crippen molar-refractivity contribution < 1.29 is 97.3 Å². The number of nitro groups is 1. The quantitative estimate of drug-likeness (QED) is 0.0221. The first-order chi connectivity index (χ1) is 26.2. The molecule has 1 N–H and O–H groups in total. The molecule has 5 unspecified atom stereocenters. The minimum absolute atomic E-state index is 0.0121. The number of esters is 1. The van der Waals surface area contributed by atoms with Crippen LogP contribution in [0.5, 0.6) is 5.75 Å². The number of rotatable bonds is 28. The molecule has 0 spiro atoms. The molecule has 5 atom stereocenters. The highest BCUT2D eigenvalue weighted by Crippen LogP contribution is 2.42. The van der Waals surface area contributed by atoms with Gasteiger partial charge in [-0.1, -0.05) is 25.5 Å². The number of likely N-dealkylation sites (tertiary alicyclic amines) is 1. The number of ketones is 1. The average molecular weight is 902 g/mol. The van der Waals surface area contributed by atoms with Crippen molar-refractivity contribution in [2.45, 2.75) is 44.3 Å². The molecule has 0 bridgehead atoms. The number of Topliss-reactive ketones (excluding diaryl/α,β-unsaturated/α-hetero) is 1. The molecule has 320 valence electrons. The highest BCUT2D eigenvalue weighted by atomic mass is 32.2. The zero-order chi connectivity index (χ0) is 42.4. The number of aliphatic hydroxyl groups excluding tert-OH is 1. The summed E-state index contributed by atoms with van der Waals surface area (Å²) in [5.74, 6) is -2.16. The lowest BCUT2D eigenvalue weighted by atomic mass is 10.1. The van der Waals surface area contributed by atoms with Gasteiger partial charge in [-0.2, -0.15) is 0 Å². The summed E-state index contributed by atoms with van der Waals surface area (Å²) in [6.07, 6.45) is 1.78. The van der Waals surface area contributed by atoms with Crippen LogP contribution >= 0.6 is 35.2 Å². The Kier molecular flexibility index (Phi) is 24.4. The standard InChI is InChI=1S/C27H43N2O19P3S.O3S/c1-2-21(19-30)20-47-51(40,41)45-15-14-43-49(36,37)42-12-13-44-50(38,39)46-16-17-52-26-23(31)18-28(27(26)33)11-7-3-4-10-25(32)48-24-9-6-5-8-22(24)29(34)35;1-4(2)3/h5-6,8-9,21,26,30H,2-4,7,10-20H2,1H3,(H,36,37)(H,38,39)(H,40,41);/p-3. The number of carbonyl (C=O) groups is 3. The summed E-state index contributed by atoms with van der Waals surface area (Å²) in [6.45, 7) is -2.41. The van der Waals surface area contributed by atoms with Gasteiger partial charge < -0.3 is 56.6 Å². The van der Waals surface area contributed by atoms with Gasteiger partial charge in [-0.15, -0.1) is 24.4 Å². The second-order valence-electron chi connectivity index (χ2n) is 11.0. The van der Waals surface area contributed by atoms with Crippen LogP contribution in [-0.4, -0.2) is 116 Å². The molecule has 1 aliphatic heterocycles. The first-order valence-electron chi connectivity index (χ1n) is 16.3. The molecule has 0 aromatic heterocycles. The number of amides is 1. The Morgan fingerprint density at radius 2 is 1.43 bits per heavy atom. The molecule has 0 radical (unpaired) electrons. The normalized spacial score (nSPS) is 17.9. The van der Waals surface area contributed by atoms with E-state index in [1.807, 2.05) is 0 Å². The fraction of sp³-hybridized carbons (Fsp3) is 0.667. The summed E-state index contributed by atoms with van der Waals surface area (Å²) in [4.78, 5) is 84.2. The Bertz CT molecular complexity index is 1690. The van der Waals surface area contributed by atoms with Crippen molar-refractivity contribution in [2.24, 2.45) is 5.92 Å². The highest BCUT2D eigenvalue weighted by molar-refractivity contribution is 8.01. The van der Waals surface area contributed by atoms with Gasteiger partial charge in [0.25, 0.3) is 23.5 Å². The SMILES string of the molecule is CCC(CO)COP(=O)([O-])OCCOP(=O)([O-])OCCOP(=O)([O-])OCCSC1C(=O)CN(CCCCCC(=O)Oc2ccccc2[N+](=O)[O-])C1=O.O=S(=O)=O. The Labute approximate surface area is 326 Å². The van der Waals surface area contributed by atoms with Crippen molar-refractivity contribution in [3.05, 3.63) is 34.4 Å². The molecular formula is C27H40N2O22P3S2-3. The maximum atomic E-state index is 12.7. The fourth-order valence-electron chi connectivity index (χ4n) is 4.14. The summed E-state index contributed by atoms with van der Waals surface area (Å²) in [5, 5.41) is 19.0. The topological polar surface area (TPSA) is 354 Å². The van der Waals surface area contributed by atoms with E-state index in [0.29, 0.717) is 25.7 Å². The number of hydrogen-bond donors (Lipinski definition) is 1. The third-order valence-corrected chi connectivity index (χ3v) is 11.0. The largest absolute Gasteiger partial charge is 0.756 e. The number of nitro benzene ring substituents is 1. The zero-order valence-corrected chi connectivity index (χ0v) is 34.0. The van der Waals surface area contributed by atoms with Crippen LogP contribution in [0, 0.1) is 16.0 Å². The molecule has 56 heavy (non-hydrogen) atoms. The van der Waals surface area contributed by atoms with E-state index < -0.39 is 95.1 Å². The summed E-state index contributed by atoms with van der Waals surface area (Å²) < 4.78 is 92.8. The van der Waals surface area contributed by atoms with Crippen molar-refractivity contribution in [1.82, 2.24) is 4.90 Å². The van der Waals surface area contributed by atoms with Crippen molar-refractivity contribution in [3.63, 3.8) is 0 Å². The molecule has 1 aromatic rings. The number of para-hydroxylation sites is 2. The van der Waals surface area contributed by atoms with E-state index in [1.54, 1.807) is 6.92 Å². The van der Waals surface area contributed by atoms with Gasteiger partial charge in [-0.3, -0.25) is 38.2 Å². The fourth-order valence-corrected chi connectivity index (χ4v) is 7.36. The van der Waals surface area contributed by atoms with E-state index in [0.717, 1.165) is 11.8 Å². The van der Waals surface area contributed by atoms with Crippen LogP contribution in [0.4, 0.5) is 5.69 Å². The molecular weight excluding hydrogens is 861 g/mol. The minimum Gasteiger partial charge on any atom is -0.756 e.